The largest absolute Gasteiger partial charge is 0.352 e. The predicted octanol–water partition coefficient (Wildman–Crippen LogP) is 3.41. The van der Waals surface area contributed by atoms with E-state index >= 15 is 0 Å². The van der Waals surface area contributed by atoms with Crippen LogP contribution in [0.3, 0.4) is 0 Å². The summed E-state index contributed by atoms with van der Waals surface area (Å²) in [5.74, 6) is -0.276. The molecule has 0 atom stereocenters. The van der Waals surface area contributed by atoms with Crippen LogP contribution in [0.2, 0.25) is 5.02 Å². The minimum Gasteiger partial charge on any atom is -0.352 e. The number of hydrogen-bond donors (Lipinski definition) is 1. The second-order valence-electron chi connectivity index (χ2n) is 6.72. The van der Waals surface area contributed by atoms with Gasteiger partial charge < -0.3 is 5.32 Å². The number of carbonyl (C=O) groups excluding carboxylic acids is 1. The number of amides is 1. The molecule has 1 saturated heterocycles. The summed E-state index contributed by atoms with van der Waals surface area (Å²) in [5.41, 5.74) is 2.08. The minimum absolute atomic E-state index is 0.217. The summed E-state index contributed by atoms with van der Waals surface area (Å²) >= 11 is 5.87. The summed E-state index contributed by atoms with van der Waals surface area (Å²) in [4.78, 5) is 12.7. The van der Waals surface area contributed by atoms with Gasteiger partial charge in [-0.3, -0.25) is 4.79 Å². The van der Waals surface area contributed by atoms with E-state index in [4.69, 9.17) is 11.6 Å². The molecule has 7 heteroatoms. The average molecular weight is 407 g/mol. The van der Waals surface area contributed by atoms with Crippen molar-refractivity contribution in [3.05, 3.63) is 64.2 Å². The van der Waals surface area contributed by atoms with Gasteiger partial charge in [0.25, 0.3) is 5.91 Å². The van der Waals surface area contributed by atoms with E-state index in [0.717, 1.165) is 18.4 Å². The van der Waals surface area contributed by atoms with Crippen LogP contribution in [0, 0.1) is 6.92 Å². The Hall–Kier alpha value is -1.89. The Bertz CT molecular complexity index is 921. The molecule has 0 bridgehead atoms. The first kappa shape index (κ1) is 19.9. The van der Waals surface area contributed by atoms with Gasteiger partial charge in [0.05, 0.1) is 4.90 Å². The summed E-state index contributed by atoms with van der Waals surface area (Å²) < 4.78 is 27.2. The highest BCUT2D eigenvalue weighted by atomic mass is 35.5. The third kappa shape index (κ3) is 4.69. The lowest BCUT2D eigenvalue weighted by atomic mass is 10.1. The number of carbonyl (C=O) groups is 1. The third-order valence-electron chi connectivity index (χ3n) is 4.75. The number of aryl methyl sites for hydroxylation is 1. The Morgan fingerprint density at radius 2 is 1.78 bits per heavy atom. The molecule has 1 aliphatic rings. The monoisotopic (exact) mass is 406 g/mol. The van der Waals surface area contributed by atoms with Crippen LogP contribution in [0.1, 0.15) is 34.3 Å². The molecule has 2 aromatic carbocycles. The smallest absolute Gasteiger partial charge is 0.251 e. The van der Waals surface area contributed by atoms with Crippen molar-refractivity contribution in [2.75, 3.05) is 19.6 Å². The van der Waals surface area contributed by atoms with Crippen molar-refractivity contribution >= 4 is 27.5 Å². The summed E-state index contributed by atoms with van der Waals surface area (Å²) in [6.45, 7) is 3.30. The zero-order chi connectivity index (χ0) is 19.4. The Balaban J connectivity index is 1.69. The van der Waals surface area contributed by atoms with Gasteiger partial charge in [0.2, 0.25) is 10.0 Å². The molecule has 1 amide bonds. The van der Waals surface area contributed by atoms with Gasteiger partial charge in [-0.2, -0.15) is 4.31 Å². The first-order chi connectivity index (χ1) is 12.9. The first-order valence-electron chi connectivity index (χ1n) is 9.01. The van der Waals surface area contributed by atoms with E-state index < -0.39 is 10.0 Å². The van der Waals surface area contributed by atoms with Gasteiger partial charge in [0, 0.05) is 30.2 Å². The minimum atomic E-state index is -3.55. The van der Waals surface area contributed by atoms with Gasteiger partial charge in [0.15, 0.2) is 0 Å². The van der Waals surface area contributed by atoms with Crippen LogP contribution in [-0.4, -0.2) is 38.3 Å². The van der Waals surface area contributed by atoms with E-state index in [-0.39, 0.29) is 10.8 Å². The fourth-order valence-electron chi connectivity index (χ4n) is 3.16. The molecule has 0 spiro atoms. The molecule has 1 fully saturated rings. The number of sulfonamides is 1. The van der Waals surface area contributed by atoms with Gasteiger partial charge in [-0.1, -0.05) is 29.8 Å². The molecule has 1 N–H and O–H groups in total. The quantitative estimate of drug-likeness (QED) is 0.799. The molecule has 1 heterocycles. The predicted molar refractivity (Wildman–Crippen MR) is 107 cm³/mol. The van der Waals surface area contributed by atoms with Crippen molar-refractivity contribution in [2.24, 2.45) is 0 Å². The van der Waals surface area contributed by atoms with Crippen molar-refractivity contribution in [1.29, 1.82) is 0 Å². The maximum atomic E-state index is 12.8. The van der Waals surface area contributed by atoms with Crippen LogP contribution in [-0.2, 0) is 16.4 Å². The van der Waals surface area contributed by atoms with E-state index in [1.54, 1.807) is 19.1 Å². The molecule has 0 unspecified atom stereocenters. The molecule has 0 aromatic heterocycles. The fraction of sp³-hybridized carbons (Fsp3) is 0.350. The SMILES string of the molecule is Cc1ccc(C(=O)NCCc2ccc(Cl)cc2)cc1S(=O)(=O)N1CCCC1. The Labute approximate surface area is 165 Å². The number of rotatable bonds is 6. The van der Waals surface area contributed by atoms with Gasteiger partial charge in [-0.05, 0) is 61.6 Å². The summed E-state index contributed by atoms with van der Waals surface area (Å²) in [6, 6.07) is 12.3. The lowest BCUT2D eigenvalue weighted by molar-refractivity contribution is 0.0954. The molecular weight excluding hydrogens is 384 g/mol. The number of halogens is 1. The van der Waals surface area contributed by atoms with E-state index in [1.165, 1.54) is 10.4 Å². The van der Waals surface area contributed by atoms with Gasteiger partial charge in [-0.15, -0.1) is 0 Å². The van der Waals surface area contributed by atoms with E-state index in [1.807, 2.05) is 24.3 Å². The zero-order valence-electron chi connectivity index (χ0n) is 15.2. The molecule has 2 aromatic rings. The second-order valence-corrected chi connectivity index (χ2v) is 9.07. The second kappa shape index (κ2) is 8.42. The molecule has 5 nitrogen and oxygen atoms in total. The maximum Gasteiger partial charge on any atom is 0.251 e. The molecule has 3 rings (SSSR count). The first-order valence-corrected chi connectivity index (χ1v) is 10.8. The van der Waals surface area contributed by atoms with Crippen LogP contribution >= 0.6 is 11.6 Å². The van der Waals surface area contributed by atoms with Crippen LogP contribution in [0.15, 0.2) is 47.4 Å². The number of nitrogens with one attached hydrogen (secondary N) is 1. The standard InChI is InChI=1S/C20H23ClN2O3S/c1-15-4-7-17(14-19(15)27(25,26)23-12-2-3-13-23)20(24)22-11-10-16-5-8-18(21)9-6-16/h4-9,14H,2-3,10-13H2,1H3,(H,22,24). The molecule has 27 heavy (non-hydrogen) atoms. The molecular formula is C20H23ClN2O3S. The highest BCUT2D eigenvalue weighted by Gasteiger charge is 2.29. The maximum absolute atomic E-state index is 12.8. The van der Waals surface area contributed by atoms with Crippen LogP contribution in [0.4, 0.5) is 0 Å². The Kier molecular flexibility index (Phi) is 6.19. The molecule has 0 saturated carbocycles. The van der Waals surface area contributed by atoms with E-state index in [2.05, 4.69) is 5.32 Å². The molecule has 0 radical (unpaired) electrons. The van der Waals surface area contributed by atoms with Crippen LogP contribution in [0.5, 0.6) is 0 Å². The van der Waals surface area contributed by atoms with Crippen LogP contribution in [0.25, 0.3) is 0 Å². The number of benzene rings is 2. The van der Waals surface area contributed by atoms with Crippen molar-refractivity contribution in [1.82, 2.24) is 9.62 Å². The summed E-state index contributed by atoms with van der Waals surface area (Å²) in [5, 5.41) is 3.52. The number of hydrogen-bond acceptors (Lipinski definition) is 3. The zero-order valence-corrected chi connectivity index (χ0v) is 16.8. The van der Waals surface area contributed by atoms with Crippen molar-refractivity contribution in [3.8, 4) is 0 Å². The highest BCUT2D eigenvalue weighted by Crippen LogP contribution is 2.24. The molecule has 1 aliphatic heterocycles. The van der Waals surface area contributed by atoms with Crippen molar-refractivity contribution in [2.45, 2.75) is 31.1 Å². The number of nitrogens with zero attached hydrogens (tertiary/aromatic N) is 1. The van der Waals surface area contributed by atoms with Crippen molar-refractivity contribution < 1.29 is 13.2 Å². The van der Waals surface area contributed by atoms with Gasteiger partial charge in [-0.25, -0.2) is 8.42 Å². The lowest BCUT2D eigenvalue weighted by Crippen LogP contribution is -2.29. The third-order valence-corrected chi connectivity index (χ3v) is 7.04. The lowest BCUT2D eigenvalue weighted by Gasteiger charge is -2.17. The summed E-state index contributed by atoms with van der Waals surface area (Å²) in [6.07, 6.45) is 2.43. The van der Waals surface area contributed by atoms with Gasteiger partial charge in [0.1, 0.15) is 0 Å². The fourth-order valence-corrected chi connectivity index (χ4v) is 5.05. The molecule has 144 valence electrons. The van der Waals surface area contributed by atoms with Crippen molar-refractivity contribution in [3.63, 3.8) is 0 Å². The average Bonchev–Trinajstić information content (AvgIpc) is 3.19. The Morgan fingerprint density at radius 1 is 1.11 bits per heavy atom. The molecule has 0 aliphatic carbocycles. The Morgan fingerprint density at radius 3 is 2.44 bits per heavy atom. The summed E-state index contributed by atoms with van der Waals surface area (Å²) in [7, 11) is -3.55. The highest BCUT2D eigenvalue weighted by molar-refractivity contribution is 7.89. The van der Waals surface area contributed by atoms with E-state index in [0.29, 0.717) is 42.2 Å². The van der Waals surface area contributed by atoms with Gasteiger partial charge >= 0.3 is 0 Å². The topological polar surface area (TPSA) is 66.5 Å². The normalized spacial score (nSPS) is 15.0. The van der Waals surface area contributed by atoms with E-state index in [9.17, 15) is 13.2 Å². The van der Waals surface area contributed by atoms with Crippen LogP contribution < -0.4 is 5.32 Å².